The van der Waals surface area contributed by atoms with Gasteiger partial charge < -0.3 is 10.2 Å². The van der Waals surface area contributed by atoms with Crippen LogP contribution in [0.5, 0.6) is 0 Å². The second-order valence-corrected chi connectivity index (χ2v) is 5.84. The number of amides is 2. The Kier molecular flexibility index (Phi) is 6.38. The molecule has 0 aliphatic carbocycles. The van der Waals surface area contributed by atoms with Crippen molar-refractivity contribution in [3.63, 3.8) is 0 Å². The van der Waals surface area contributed by atoms with Crippen LogP contribution in [0.4, 0.5) is 5.69 Å². The second-order valence-electron chi connectivity index (χ2n) is 5.41. The van der Waals surface area contributed by atoms with Crippen molar-refractivity contribution >= 4 is 29.1 Å². The Morgan fingerprint density at radius 2 is 1.54 bits per heavy atom. The fourth-order valence-electron chi connectivity index (χ4n) is 2.38. The van der Waals surface area contributed by atoms with Crippen molar-refractivity contribution in [1.82, 2.24) is 4.90 Å². The molecule has 24 heavy (non-hydrogen) atoms. The second kappa shape index (κ2) is 8.50. The van der Waals surface area contributed by atoms with Crippen LogP contribution in [0.3, 0.4) is 0 Å². The van der Waals surface area contributed by atoms with E-state index >= 15 is 0 Å². The Morgan fingerprint density at radius 1 is 0.958 bits per heavy atom. The number of hydrogen-bond donors (Lipinski definition) is 1. The molecule has 0 aliphatic heterocycles. The summed E-state index contributed by atoms with van der Waals surface area (Å²) in [4.78, 5) is 26.1. The van der Waals surface area contributed by atoms with Gasteiger partial charge in [-0.1, -0.05) is 23.7 Å². The molecule has 0 radical (unpaired) electrons. The van der Waals surface area contributed by atoms with Gasteiger partial charge in [0.15, 0.2) is 0 Å². The van der Waals surface area contributed by atoms with Crippen LogP contribution in [0, 0.1) is 0 Å². The highest BCUT2D eigenvalue weighted by molar-refractivity contribution is 6.30. The van der Waals surface area contributed by atoms with Crippen molar-refractivity contribution < 1.29 is 9.59 Å². The Bertz CT molecular complexity index is 692. The minimum Gasteiger partial charge on any atom is -0.339 e. The van der Waals surface area contributed by atoms with Crippen molar-refractivity contribution in [2.45, 2.75) is 20.3 Å². The Labute approximate surface area is 147 Å². The van der Waals surface area contributed by atoms with Gasteiger partial charge in [0.25, 0.3) is 5.91 Å². The summed E-state index contributed by atoms with van der Waals surface area (Å²) in [5, 5.41) is 3.48. The van der Waals surface area contributed by atoms with Gasteiger partial charge in [0.1, 0.15) is 0 Å². The third kappa shape index (κ3) is 4.83. The summed E-state index contributed by atoms with van der Waals surface area (Å²) < 4.78 is 0. The third-order valence-corrected chi connectivity index (χ3v) is 4.00. The molecule has 0 fully saturated rings. The van der Waals surface area contributed by atoms with Crippen LogP contribution in [0.25, 0.3) is 0 Å². The van der Waals surface area contributed by atoms with Gasteiger partial charge in [0.2, 0.25) is 5.91 Å². The van der Waals surface area contributed by atoms with Crippen LogP contribution in [0.15, 0.2) is 48.5 Å². The molecule has 126 valence electrons. The van der Waals surface area contributed by atoms with Crippen LogP contribution in [-0.2, 0) is 11.2 Å². The van der Waals surface area contributed by atoms with Crippen LogP contribution >= 0.6 is 11.6 Å². The average Bonchev–Trinajstić information content (AvgIpc) is 2.58. The van der Waals surface area contributed by atoms with Crippen molar-refractivity contribution in [2.24, 2.45) is 0 Å². The van der Waals surface area contributed by atoms with E-state index in [0.29, 0.717) is 29.4 Å². The van der Waals surface area contributed by atoms with E-state index in [-0.39, 0.29) is 18.2 Å². The molecule has 5 heteroatoms. The van der Waals surface area contributed by atoms with Crippen molar-refractivity contribution in [2.75, 3.05) is 18.4 Å². The van der Waals surface area contributed by atoms with Gasteiger partial charge in [-0.3, -0.25) is 9.59 Å². The number of halogens is 1. The zero-order valence-corrected chi connectivity index (χ0v) is 14.6. The quantitative estimate of drug-likeness (QED) is 0.861. The molecule has 2 aromatic rings. The van der Waals surface area contributed by atoms with Gasteiger partial charge in [-0.15, -0.1) is 0 Å². The molecule has 4 nitrogen and oxygen atoms in total. The zero-order chi connectivity index (χ0) is 17.5. The molecule has 0 aromatic heterocycles. The summed E-state index contributed by atoms with van der Waals surface area (Å²) >= 11 is 5.83. The monoisotopic (exact) mass is 344 g/mol. The summed E-state index contributed by atoms with van der Waals surface area (Å²) in [5.74, 6) is -0.112. The number of nitrogens with zero attached hydrogens (tertiary/aromatic N) is 1. The molecule has 0 heterocycles. The Balaban J connectivity index is 1.97. The first kappa shape index (κ1) is 18.0. The molecule has 0 unspecified atom stereocenters. The highest BCUT2D eigenvalue weighted by Gasteiger charge is 2.12. The largest absolute Gasteiger partial charge is 0.339 e. The highest BCUT2D eigenvalue weighted by atomic mass is 35.5. The number of hydrogen-bond acceptors (Lipinski definition) is 2. The lowest BCUT2D eigenvalue weighted by molar-refractivity contribution is -0.115. The smallest absolute Gasteiger partial charge is 0.253 e. The van der Waals surface area contributed by atoms with E-state index in [1.54, 1.807) is 41.3 Å². The normalized spacial score (nSPS) is 10.3. The van der Waals surface area contributed by atoms with Gasteiger partial charge in [-0.25, -0.2) is 0 Å². The van der Waals surface area contributed by atoms with E-state index in [9.17, 15) is 9.59 Å². The highest BCUT2D eigenvalue weighted by Crippen LogP contribution is 2.14. The maximum Gasteiger partial charge on any atom is 0.253 e. The van der Waals surface area contributed by atoms with E-state index in [0.717, 1.165) is 5.56 Å². The molecule has 0 saturated carbocycles. The number of benzene rings is 2. The fraction of sp³-hybridized carbons (Fsp3) is 0.263. The lowest BCUT2D eigenvalue weighted by Crippen LogP contribution is -2.30. The van der Waals surface area contributed by atoms with E-state index in [2.05, 4.69) is 5.32 Å². The lowest BCUT2D eigenvalue weighted by atomic mass is 10.1. The number of carbonyl (C=O) groups is 2. The standard InChI is InChI=1S/C19H21ClN2O2/c1-3-22(4-2)19(24)15-7-11-17(12-8-15)21-18(23)13-14-5-9-16(20)10-6-14/h5-12H,3-4,13H2,1-2H3,(H,21,23). The summed E-state index contributed by atoms with van der Waals surface area (Å²) in [6.45, 7) is 5.25. The summed E-state index contributed by atoms with van der Waals surface area (Å²) in [6, 6.07) is 14.1. The molecule has 2 aromatic carbocycles. The molecule has 2 amide bonds. The third-order valence-electron chi connectivity index (χ3n) is 3.74. The predicted molar refractivity (Wildman–Crippen MR) is 97.5 cm³/mol. The number of nitrogens with one attached hydrogen (secondary N) is 1. The average molecular weight is 345 g/mol. The molecule has 0 aliphatic rings. The van der Waals surface area contributed by atoms with Crippen molar-refractivity contribution in [3.8, 4) is 0 Å². The maximum absolute atomic E-state index is 12.2. The minimum atomic E-state index is -0.111. The van der Waals surface area contributed by atoms with Gasteiger partial charge in [-0.2, -0.15) is 0 Å². The molecule has 0 bridgehead atoms. The first-order valence-corrected chi connectivity index (χ1v) is 8.35. The molecule has 0 atom stereocenters. The van der Waals surface area contributed by atoms with Gasteiger partial charge in [0, 0.05) is 29.4 Å². The number of anilines is 1. The van der Waals surface area contributed by atoms with Gasteiger partial charge in [0.05, 0.1) is 6.42 Å². The van der Waals surface area contributed by atoms with E-state index in [1.807, 2.05) is 26.0 Å². The van der Waals surface area contributed by atoms with E-state index < -0.39 is 0 Å². The molecular weight excluding hydrogens is 324 g/mol. The lowest BCUT2D eigenvalue weighted by Gasteiger charge is -2.18. The molecule has 2 rings (SSSR count). The topological polar surface area (TPSA) is 49.4 Å². The molecule has 0 saturated heterocycles. The van der Waals surface area contributed by atoms with E-state index in [4.69, 9.17) is 11.6 Å². The minimum absolute atomic E-state index is 0.000888. The van der Waals surface area contributed by atoms with Crippen molar-refractivity contribution in [3.05, 3.63) is 64.7 Å². The van der Waals surface area contributed by atoms with Crippen LogP contribution in [-0.4, -0.2) is 29.8 Å². The SMILES string of the molecule is CCN(CC)C(=O)c1ccc(NC(=O)Cc2ccc(Cl)cc2)cc1. The molecule has 0 spiro atoms. The molecular formula is C19H21ClN2O2. The summed E-state index contributed by atoms with van der Waals surface area (Å²) in [6.07, 6.45) is 0.275. The van der Waals surface area contributed by atoms with Crippen LogP contribution in [0.1, 0.15) is 29.8 Å². The van der Waals surface area contributed by atoms with Crippen LogP contribution in [0.2, 0.25) is 5.02 Å². The number of rotatable bonds is 6. The fourth-order valence-corrected chi connectivity index (χ4v) is 2.51. The van der Waals surface area contributed by atoms with Gasteiger partial charge in [-0.05, 0) is 55.8 Å². The molecule has 1 N–H and O–H groups in total. The summed E-state index contributed by atoms with van der Waals surface area (Å²) in [5.41, 5.74) is 2.18. The maximum atomic E-state index is 12.2. The first-order valence-electron chi connectivity index (χ1n) is 7.97. The van der Waals surface area contributed by atoms with Crippen LogP contribution < -0.4 is 5.32 Å². The van der Waals surface area contributed by atoms with Gasteiger partial charge >= 0.3 is 0 Å². The van der Waals surface area contributed by atoms with Crippen molar-refractivity contribution in [1.29, 1.82) is 0 Å². The first-order chi connectivity index (χ1) is 11.5. The number of carbonyl (C=O) groups excluding carboxylic acids is 2. The predicted octanol–water partition coefficient (Wildman–Crippen LogP) is 4.00. The zero-order valence-electron chi connectivity index (χ0n) is 13.9. The summed E-state index contributed by atoms with van der Waals surface area (Å²) in [7, 11) is 0. The van der Waals surface area contributed by atoms with E-state index in [1.165, 1.54) is 0 Å². The Morgan fingerprint density at radius 3 is 2.08 bits per heavy atom. The Hall–Kier alpha value is -2.33.